The molecule has 0 spiro atoms. The molecule has 1 N–H and O–H groups in total. The molecule has 0 bridgehead atoms. The molecule has 0 aliphatic carbocycles. The normalized spacial score (nSPS) is 11.6. The van der Waals surface area contributed by atoms with E-state index in [2.05, 4.69) is 9.97 Å². The van der Waals surface area contributed by atoms with Gasteiger partial charge in [0.15, 0.2) is 0 Å². The van der Waals surface area contributed by atoms with E-state index >= 15 is 0 Å². The molecule has 0 atom stereocenters. The molecule has 4 nitrogen and oxygen atoms in total. The Morgan fingerprint density at radius 3 is 2.62 bits per heavy atom. The van der Waals surface area contributed by atoms with Crippen LogP contribution in [0.2, 0.25) is 5.28 Å². The van der Waals surface area contributed by atoms with Gasteiger partial charge in [0.2, 0.25) is 5.28 Å². The highest BCUT2D eigenvalue weighted by atomic mass is 35.5. The maximum atomic E-state index is 9.82. The largest absolute Gasteiger partial charge is 0.389 e. The maximum absolute atomic E-state index is 9.82. The molecule has 0 aliphatic heterocycles. The van der Waals surface area contributed by atoms with Gasteiger partial charge >= 0.3 is 0 Å². The Bertz CT molecular complexity index is 363. The number of rotatable bonds is 4. The molecule has 1 aromatic heterocycles. The predicted molar refractivity (Wildman–Crippen MR) is 66.0 cm³/mol. The van der Waals surface area contributed by atoms with Crippen molar-refractivity contribution >= 4 is 17.4 Å². The number of hydrogen-bond donors (Lipinski definition) is 1. The fourth-order valence-corrected chi connectivity index (χ4v) is 1.66. The minimum absolute atomic E-state index is 0.231. The van der Waals surface area contributed by atoms with E-state index < -0.39 is 5.60 Å². The highest BCUT2D eigenvalue weighted by Gasteiger charge is 2.19. The van der Waals surface area contributed by atoms with Gasteiger partial charge in [0, 0.05) is 24.8 Å². The molecule has 1 heterocycles. The van der Waals surface area contributed by atoms with Gasteiger partial charge in [-0.25, -0.2) is 9.97 Å². The van der Waals surface area contributed by atoms with E-state index in [9.17, 15) is 5.11 Å². The molecule has 0 aromatic carbocycles. The van der Waals surface area contributed by atoms with Crippen molar-refractivity contribution in [2.24, 2.45) is 0 Å². The van der Waals surface area contributed by atoms with Gasteiger partial charge < -0.3 is 10.0 Å². The zero-order chi connectivity index (χ0) is 12.3. The lowest BCUT2D eigenvalue weighted by atomic mass is 10.1. The summed E-state index contributed by atoms with van der Waals surface area (Å²) < 4.78 is 0. The SMILES string of the molecule is CCN(CC(C)(C)O)c1nc(Cl)ncc1C. The van der Waals surface area contributed by atoms with Crippen molar-refractivity contribution in [3.8, 4) is 0 Å². The molecule has 1 rings (SSSR count). The van der Waals surface area contributed by atoms with Crippen LogP contribution in [0, 0.1) is 6.92 Å². The summed E-state index contributed by atoms with van der Waals surface area (Å²) in [5.74, 6) is 0.782. The minimum atomic E-state index is -0.764. The fraction of sp³-hybridized carbons (Fsp3) is 0.636. The third-order valence-electron chi connectivity index (χ3n) is 2.17. The van der Waals surface area contributed by atoms with Crippen LogP contribution >= 0.6 is 11.6 Å². The van der Waals surface area contributed by atoms with Gasteiger partial charge in [-0.3, -0.25) is 0 Å². The first-order valence-corrected chi connectivity index (χ1v) is 5.67. The Labute approximate surface area is 101 Å². The number of halogens is 1. The zero-order valence-electron chi connectivity index (χ0n) is 10.2. The quantitative estimate of drug-likeness (QED) is 0.823. The third kappa shape index (κ3) is 3.61. The van der Waals surface area contributed by atoms with Crippen molar-refractivity contribution in [2.45, 2.75) is 33.3 Å². The Morgan fingerprint density at radius 2 is 2.12 bits per heavy atom. The third-order valence-corrected chi connectivity index (χ3v) is 2.36. The summed E-state index contributed by atoms with van der Waals surface area (Å²) in [6.45, 7) is 8.76. The number of nitrogens with zero attached hydrogens (tertiary/aromatic N) is 3. The molecule has 1 aromatic rings. The highest BCUT2D eigenvalue weighted by molar-refractivity contribution is 6.28. The predicted octanol–water partition coefficient (Wildman–Crippen LogP) is 2.04. The molecular weight excluding hydrogens is 226 g/mol. The van der Waals surface area contributed by atoms with Crippen molar-refractivity contribution in [1.29, 1.82) is 0 Å². The number of anilines is 1. The van der Waals surface area contributed by atoms with E-state index in [1.165, 1.54) is 0 Å². The van der Waals surface area contributed by atoms with Crippen molar-refractivity contribution in [3.63, 3.8) is 0 Å². The van der Waals surface area contributed by atoms with E-state index in [4.69, 9.17) is 11.6 Å². The van der Waals surface area contributed by atoms with Crippen molar-refractivity contribution in [1.82, 2.24) is 9.97 Å². The number of aryl methyl sites for hydroxylation is 1. The summed E-state index contributed by atoms with van der Waals surface area (Å²) in [6, 6.07) is 0. The van der Waals surface area contributed by atoms with Gasteiger partial charge in [0.05, 0.1) is 5.60 Å². The monoisotopic (exact) mass is 243 g/mol. The lowest BCUT2D eigenvalue weighted by molar-refractivity contribution is 0.0874. The van der Waals surface area contributed by atoms with Crippen molar-refractivity contribution in [3.05, 3.63) is 17.0 Å². The first kappa shape index (κ1) is 13.2. The molecular formula is C11H18ClN3O. The summed E-state index contributed by atoms with van der Waals surface area (Å²) in [7, 11) is 0. The summed E-state index contributed by atoms with van der Waals surface area (Å²) in [5.41, 5.74) is 0.190. The van der Waals surface area contributed by atoms with Crippen LogP contribution in [-0.2, 0) is 0 Å². The van der Waals surface area contributed by atoms with Gasteiger partial charge in [-0.15, -0.1) is 0 Å². The Hall–Kier alpha value is -0.870. The molecule has 0 fully saturated rings. The fourth-order valence-electron chi connectivity index (χ4n) is 1.54. The molecule has 90 valence electrons. The van der Waals surface area contributed by atoms with Crippen LogP contribution in [0.5, 0.6) is 0 Å². The molecule has 0 unspecified atom stereocenters. The second-order valence-corrected chi connectivity index (χ2v) is 4.81. The maximum Gasteiger partial charge on any atom is 0.224 e. The van der Waals surface area contributed by atoms with Crippen LogP contribution < -0.4 is 4.90 Å². The zero-order valence-corrected chi connectivity index (χ0v) is 10.9. The number of likely N-dealkylation sites (N-methyl/N-ethyl adjacent to an activating group) is 1. The Kier molecular flexibility index (Phi) is 4.10. The Morgan fingerprint density at radius 1 is 1.50 bits per heavy atom. The lowest BCUT2D eigenvalue weighted by Gasteiger charge is -2.29. The van der Waals surface area contributed by atoms with Gasteiger partial charge in [-0.05, 0) is 39.3 Å². The van der Waals surface area contributed by atoms with E-state index in [0.717, 1.165) is 17.9 Å². The van der Waals surface area contributed by atoms with Gasteiger partial charge in [-0.1, -0.05) is 0 Å². The van der Waals surface area contributed by atoms with E-state index in [0.29, 0.717) is 6.54 Å². The molecule has 0 radical (unpaired) electrons. The minimum Gasteiger partial charge on any atom is -0.389 e. The number of aromatic nitrogens is 2. The standard InChI is InChI=1S/C11H18ClN3O/c1-5-15(7-11(3,4)16)9-8(2)6-13-10(12)14-9/h6,16H,5,7H2,1-4H3. The topological polar surface area (TPSA) is 49.2 Å². The summed E-state index contributed by atoms with van der Waals surface area (Å²) in [4.78, 5) is 10.1. The lowest BCUT2D eigenvalue weighted by Crippen LogP contribution is -2.39. The van der Waals surface area contributed by atoms with Crippen LogP contribution in [0.15, 0.2) is 6.20 Å². The average molecular weight is 244 g/mol. The van der Waals surface area contributed by atoms with Gasteiger partial charge in [0.1, 0.15) is 5.82 Å². The van der Waals surface area contributed by atoms with Crippen LogP contribution in [0.3, 0.4) is 0 Å². The van der Waals surface area contributed by atoms with Crippen molar-refractivity contribution < 1.29 is 5.11 Å². The molecule has 0 saturated carbocycles. The van der Waals surface area contributed by atoms with Crippen LogP contribution in [0.4, 0.5) is 5.82 Å². The van der Waals surface area contributed by atoms with Gasteiger partial charge in [-0.2, -0.15) is 0 Å². The summed E-state index contributed by atoms with van der Waals surface area (Å²) >= 11 is 5.78. The molecule has 5 heteroatoms. The first-order chi connectivity index (χ1) is 7.33. The summed E-state index contributed by atoms with van der Waals surface area (Å²) in [5, 5.41) is 10.1. The first-order valence-electron chi connectivity index (χ1n) is 5.30. The highest BCUT2D eigenvalue weighted by Crippen LogP contribution is 2.19. The van der Waals surface area contributed by atoms with E-state index in [1.54, 1.807) is 20.0 Å². The van der Waals surface area contributed by atoms with Crippen LogP contribution in [-0.4, -0.2) is 33.8 Å². The number of hydrogen-bond acceptors (Lipinski definition) is 4. The summed E-state index contributed by atoms with van der Waals surface area (Å²) in [6.07, 6.45) is 1.69. The van der Waals surface area contributed by atoms with Crippen LogP contribution in [0.1, 0.15) is 26.3 Å². The van der Waals surface area contributed by atoms with E-state index in [1.807, 2.05) is 18.7 Å². The average Bonchev–Trinajstić information content (AvgIpc) is 2.17. The second-order valence-electron chi connectivity index (χ2n) is 4.47. The van der Waals surface area contributed by atoms with Crippen LogP contribution in [0.25, 0.3) is 0 Å². The molecule has 16 heavy (non-hydrogen) atoms. The molecule has 0 saturated heterocycles. The second kappa shape index (κ2) is 4.97. The van der Waals surface area contributed by atoms with Gasteiger partial charge in [0.25, 0.3) is 0 Å². The number of aliphatic hydroxyl groups is 1. The molecule has 0 amide bonds. The van der Waals surface area contributed by atoms with E-state index in [-0.39, 0.29) is 5.28 Å². The molecule has 0 aliphatic rings. The van der Waals surface area contributed by atoms with Crippen molar-refractivity contribution in [2.75, 3.05) is 18.0 Å². The Balaban J connectivity index is 2.99. The smallest absolute Gasteiger partial charge is 0.224 e.